The molecule has 0 aliphatic carbocycles. The highest BCUT2D eigenvalue weighted by Crippen LogP contribution is 2.35. The standard InChI is InChI=1S/C13H17F4N/c1-9-6-10(4-2-3-5-18)7-11(8-14)12(9)13(15,16)17/h6-7H,2-5,8,18H2,1H3. The predicted octanol–water partition coefficient (Wildman–Crippen LogP) is 3.76. The lowest BCUT2D eigenvalue weighted by molar-refractivity contribution is -0.138. The van der Waals surface area contributed by atoms with E-state index in [1.54, 1.807) is 0 Å². The molecular weight excluding hydrogens is 246 g/mol. The number of hydrogen-bond acceptors (Lipinski definition) is 1. The zero-order chi connectivity index (χ0) is 13.8. The Morgan fingerprint density at radius 1 is 1.17 bits per heavy atom. The average Bonchev–Trinajstić information content (AvgIpc) is 2.26. The fourth-order valence-electron chi connectivity index (χ4n) is 2.07. The monoisotopic (exact) mass is 263 g/mol. The minimum atomic E-state index is -4.50. The summed E-state index contributed by atoms with van der Waals surface area (Å²) in [6.07, 6.45) is -2.26. The molecule has 0 aliphatic rings. The van der Waals surface area contributed by atoms with Gasteiger partial charge in [0, 0.05) is 0 Å². The topological polar surface area (TPSA) is 26.0 Å². The number of aryl methyl sites for hydroxylation is 2. The molecule has 5 heteroatoms. The number of hydrogen-bond donors (Lipinski definition) is 1. The van der Waals surface area contributed by atoms with Crippen molar-refractivity contribution in [2.75, 3.05) is 6.54 Å². The zero-order valence-electron chi connectivity index (χ0n) is 10.3. The van der Waals surface area contributed by atoms with Gasteiger partial charge in [-0.2, -0.15) is 13.2 Å². The SMILES string of the molecule is Cc1cc(CCCCN)cc(CF)c1C(F)(F)F. The Kier molecular flexibility index (Phi) is 5.14. The summed E-state index contributed by atoms with van der Waals surface area (Å²) >= 11 is 0. The molecule has 102 valence electrons. The van der Waals surface area contributed by atoms with Crippen molar-refractivity contribution in [2.45, 2.75) is 39.0 Å². The Bertz CT molecular complexity index is 399. The second-order valence-electron chi connectivity index (χ2n) is 4.32. The summed E-state index contributed by atoms with van der Waals surface area (Å²) in [5, 5.41) is 0. The van der Waals surface area contributed by atoms with Gasteiger partial charge in [0.05, 0.1) is 5.56 Å². The lowest BCUT2D eigenvalue weighted by Crippen LogP contribution is -2.12. The summed E-state index contributed by atoms with van der Waals surface area (Å²) in [5.41, 5.74) is 5.06. The third-order valence-electron chi connectivity index (χ3n) is 2.82. The van der Waals surface area contributed by atoms with Crippen molar-refractivity contribution in [1.82, 2.24) is 0 Å². The molecule has 0 spiro atoms. The smallest absolute Gasteiger partial charge is 0.330 e. The van der Waals surface area contributed by atoms with Crippen molar-refractivity contribution >= 4 is 0 Å². The Balaban J connectivity index is 3.03. The summed E-state index contributed by atoms with van der Waals surface area (Å²) in [4.78, 5) is 0. The first-order valence-corrected chi connectivity index (χ1v) is 5.85. The molecule has 0 unspecified atom stereocenters. The van der Waals surface area contributed by atoms with Gasteiger partial charge in [0.2, 0.25) is 0 Å². The molecule has 2 N–H and O–H groups in total. The van der Waals surface area contributed by atoms with E-state index in [-0.39, 0.29) is 11.1 Å². The molecule has 0 aliphatic heterocycles. The highest BCUT2D eigenvalue weighted by atomic mass is 19.4. The third-order valence-corrected chi connectivity index (χ3v) is 2.82. The van der Waals surface area contributed by atoms with Crippen LogP contribution in [0.15, 0.2) is 12.1 Å². The van der Waals surface area contributed by atoms with Gasteiger partial charge in [0.1, 0.15) is 6.67 Å². The molecule has 0 bridgehead atoms. The van der Waals surface area contributed by atoms with Crippen LogP contribution in [0.2, 0.25) is 0 Å². The summed E-state index contributed by atoms with van der Waals surface area (Å²) < 4.78 is 51.0. The van der Waals surface area contributed by atoms with Gasteiger partial charge >= 0.3 is 6.18 Å². The summed E-state index contributed by atoms with van der Waals surface area (Å²) in [5.74, 6) is 0. The van der Waals surface area contributed by atoms with Crippen LogP contribution in [0.25, 0.3) is 0 Å². The van der Waals surface area contributed by atoms with Gasteiger partial charge < -0.3 is 5.73 Å². The maximum absolute atomic E-state index is 12.8. The molecule has 0 heterocycles. The van der Waals surface area contributed by atoms with Gasteiger partial charge in [-0.15, -0.1) is 0 Å². The molecule has 1 aromatic carbocycles. The normalized spacial score (nSPS) is 11.9. The molecule has 1 aromatic rings. The van der Waals surface area contributed by atoms with Crippen molar-refractivity contribution in [3.8, 4) is 0 Å². The Hall–Kier alpha value is -1.10. The Morgan fingerprint density at radius 3 is 2.33 bits per heavy atom. The maximum Gasteiger partial charge on any atom is 0.417 e. The Labute approximate surface area is 104 Å². The van der Waals surface area contributed by atoms with E-state index in [1.165, 1.54) is 19.1 Å². The van der Waals surface area contributed by atoms with Crippen LogP contribution in [0.5, 0.6) is 0 Å². The molecule has 1 rings (SSSR count). The van der Waals surface area contributed by atoms with Crippen LogP contribution in [-0.4, -0.2) is 6.54 Å². The predicted molar refractivity (Wildman–Crippen MR) is 63.0 cm³/mol. The van der Waals surface area contributed by atoms with E-state index < -0.39 is 18.4 Å². The van der Waals surface area contributed by atoms with E-state index in [0.29, 0.717) is 13.0 Å². The van der Waals surface area contributed by atoms with Crippen LogP contribution in [0, 0.1) is 6.92 Å². The largest absolute Gasteiger partial charge is 0.417 e. The van der Waals surface area contributed by atoms with Crippen LogP contribution < -0.4 is 5.73 Å². The first-order chi connectivity index (χ1) is 8.40. The lowest BCUT2D eigenvalue weighted by atomic mass is 9.96. The van der Waals surface area contributed by atoms with Gasteiger partial charge in [0.25, 0.3) is 0 Å². The number of alkyl halides is 4. The molecule has 1 nitrogen and oxygen atoms in total. The molecular formula is C13H17F4N. The van der Waals surface area contributed by atoms with Gasteiger partial charge in [-0.25, -0.2) is 4.39 Å². The summed E-state index contributed by atoms with van der Waals surface area (Å²) in [6.45, 7) is 0.824. The first-order valence-electron chi connectivity index (χ1n) is 5.85. The minimum Gasteiger partial charge on any atom is -0.330 e. The fraction of sp³-hybridized carbons (Fsp3) is 0.538. The average molecular weight is 263 g/mol. The van der Waals surface area contributed by atoms with Crippen molar-refractivity contribution in [3.63, 3.8) is 0 Å². The van der Waals surface area contributed by atoms with E-state index >= 15 is 0 Å². The first kappa shape index (κ1) is 15.0. The number of benzene rings is 1. The number of rotatable bonds is 5. The van der Waals surface area contributed by atoms with E-state index in [0.717, 1.165) is 18.4 Å². The highest BCUT2D eigenvalue weighted by molar-refractivity contribution is 5.40. The zero-order valence-corrected chi connectivity index (χ0v) is 10.3. The van der Waals surface area contributed by atoms with E-state index in [4.69, 9.17) is 5.73 Å². The Morgan fingerprint density at radius 2 is 1.83 bits per heavy atom. The molecule has 0 atom stereocenters. The van der Waals surface area contributed by atoms with E-state index in [9.17, 15) is 17.6 Å². The van der Waals surface area contributed by atoms with Gasteiger partial charge in [-0.05, 0) is 49.4 Å². The second kappa shape index (κ2) is 6.18. The van der Waals surface area contributed by atoms with Gasteiger partial charge in [-0.3, -0.25) is 0 Å². The van der Waals surface area contributed by atoms with Crippen molar-refractivity contribution in [3.05, 3.63) is 34.4 Å². The lowest BCUT2D eigenvalue weighted by Gasteiger charge is -2.16. The highest BCUT2D eigenvalue weighted by Gasteiger charge is 2.35. The van der Waals surface area contributed by atoms with Crippen molar-refractivity contribution in [1.29, 1.82) is 0 Å². The molecule has 0 fully saturated rings. The third kappa shape index (κ3) is 3.70. The number of nitrogens with two attached hydrogens (primary N) is 1. The van der Waals surface area contributed by atoms with E-state index in [1.807, 2.05) is 0 Å². The second-order valence-corrected chi connectivity index (χ2v) is 4.32. The quantitative estimate of drug-likeness (QED) is 0.635. The van der Waals surface area contributed by atoms with Crippen LogP contribution in [-0.2, 0) is 19.3 Å². The van der Waals surface area contributed by atoms with Gasteiger partial charge in [-0.1, -0.05) is 12.1 Å². The van der Waals surface area contributed by atoms with Crippen LogP contribution in [0.4, 0.5) is 17.6 Å². The number of halogens is 4. The molecule has 0 aromatic heterocycles. The molecule has 0 saturated heterocycles. The van der Waals surface area contributed by atoms with Crippen molar-refractivity contribution < 1.29 is 17.6 Å². The van der Waals surface area contributed by atoms with Gasteiger partial charge in [0.15, 0.2) is 0 Å². The van der Waals surface area contributed by atoms with Crippen LogP contribution in [0.3, 0.4) is 0 Å². The fourth-order valence-corrected chi connectivity index (χ4v) is 2.07. The minimum absolute atomic E-state index is 0.0837. The van der Waals surface area contributed by atoms with Crippen LogP contribution >= 0.6 is 0 Å². The summed E-state index contributed by atoms with van der Waals surface area (Å²) in [6, 6.07) is 2.80. The van der Waals surface area contributed by atoms with Crippen molar-refractivity contribution in [2.24, 2.45) is 5.73 Å². The summed E-state index contributed by atoms with van der Waals surface area (Å²) in [7, 11) is 0. The number of unbranched alkanes of at least 4 members (excludes halogenated alkanes) is 1. The molecule has 0 radical (unpaired) electrons. The van der Waals surface area contributed by atoms with Crippen LogP contribution in [0.1, 0.15) is 35.1 Å². The molecule has 0 saturated carbocycles. The molecule has 18 heavy (non-hydrogen) atoms. The van der Waals surface area contributed by atoms with E-state index in [2.05, 4.69) is 0 Å². The maximum atomic E-state index is 12.8. The molecule has 0 amide bonds.